The first kappa shape index (κ1) is 16.0. The Labute approximate surface area is 150 Å². The Balaban J connectivity index is 1.58. The second-order valence-electron chi connectivity index (χ2n) is 6.10. The number of fused-ring (bicyclic) bond motifs is 1. The molecule has 0 aliphatic carbocycles. The number of hydrogen-bond donors (Lipinski definition) is 1. The summed E-state index contributed by atoms with van der Waals surface area (Å²) in [6, 6.07) is 11.3. The van der Waals surface area contributed by atoms with Crippen molar-refractivity contribution in [2.24, 2.45) is 0 Å². The van der Waals surface area contributed by atoms with Crippen molar-refractivity contribution in [3.63, 3.8) is 0 Å². The number of nitriles is 1. The predicted octanol–water partition coefficient (Wildman–Crippen LogP) is 1.70. The van der Waals surface area contributed by atoms with Crippen LogP contribution in [0.1, 0.15) is 18.4 Å². The Bertz CT molecular complexity index is 987. The van der Waals surface area contributed by atoms with E-state index in [0.717, 1.165) is 24.2 Å². The van der Waals surface area contributed by atoms with Gasteiger partial charge < -0.3 is 10.2 Å². The zero-order valence-corrected chi connectivity index (χ0v) is 14.1. The number of aromatic nitrogens is 4. The van der Waals surface area contributed by atoms with Gasteiger partial charge in [0.25, 0.3) is 5.78 Å². The molecule has 1 aromatic carbocycles. The van der Waals surface area contributed by atoms with E-state index in [1.54, 1.807) is 16.6 Å². The number of carbonyl (C=O) groups is 1. The fourth-order valence-electron chi connectivity index (χ4n) is 3.08. The third-order valence-electron chi connectivity index (χ3n) is 4.42. The molecule has 1 amide bonds. The minimum Gasteiger partial charge on any atom is -0.368 e. The van der Waals surface area contributed by atoms with Crippen LogP contribution in [0.5, 0.6) is 0 Å². The lowest BCUT2D eigenvalue weighted by molar-refractivity contribution is -0.127. The molecular weight excluding hydrogens is 330 g/mol. The lowest BCUT2D eigenvalue weighted by atomic mass is 10.1. The lowest BCUT2D eigenvalue weighted by Crippen LogP contribution is -2.30. The smallest absolute Gasteiger partial charge is 0.254 e. The van der Waals surface area contributed by atoms with Crippen LogP contribution in [-0.2, 0) is 4.79 Å². The molecule has 0 atom stereocenters. The van der Waals surface area contributed by atoms with Crippen LogP contribution in [0, 0.1) is 11.3 Å². The summed E-state index contributed by atoms with van der Waals surface area (Å²) in [5, 5.41) is 16.5. The van der Waals surface area contributed by atoms with Gasteiger partial charge in [0.1, 0.15) is 12.1 Å². The molecule has 0 unspecified atom stereocenters. The predicted molar refractivity (Wildman–Crippen MR) is 95.2 cm³/mol. The van der Waals surface area contributed by atoms with E-state index in [1.807, 2.05) is 23.1 Å². The third kappa shape index (κ3) is 3.07. The number of amides is 1. The van der Waals surface area contributed by atoms with Crippen LogP contribution in [0.2, 0.25) is 0 Å². The largest absolute Gasteiger partial charge is 0.368 e. The average Bonchev–Trinajstić information content (AvgIpc) is 3.30. The summed E-state index contributed by atoms with van der Waals surface area (Å²) in [5.41, 5.74) is 2.35. The molecular formula is C18H17N7O. The normalized spacial score (nSPS) is 14.0. The van der Waals surface area contributed by atoms with Crippen LogP contribution in [0.3, 0.4) is 0 Å². The molecule has 2 aromatic heterocycles. The number of benzene rings is 1. The molecule has 1 saturated heterocycles. The Morgan fingerprint density at radius 2 is 2.12 bits per heavy atom. The van der Waals surface area contributed by atoms with Gasteiger partial charge in [0.15, 0.2) is 0 Å². The monoisotopic (exact) mass is 347 g/mol. The summed E-state index contributed by atoms with van der Waals surface area (Å²) >= 11 is 0. The molecule has 0 bridgehead atoms. The van der Waals surface area contributed by atoms with Gasteiger partial charge in [-0.25, -0.2) is 0 Å². The molecule has 1 aliphatic rings. The molecule has 1 fully saturated rings. The van der Waals surface area contributed by atoms with Crippen molar-refractivity contribution in [1.29, 1.82) is 5.26 Å². The van der Waals surface area contributed by atoms with Crippen molar-refractivity contribution < 1.29 is 4.79 Å². The second kappa shape index (κ2) is 6.80. The van der Waals surface area contributed by atoms with Gasteiger partial charge in [-0.3, -0.25) is 4.79 Å². The number of rotatable bonds is 5. The maximum absolute atomic E-state index is 11.7. The van der Waals surface area contributed by atoms with Gasteiger partial charge in [-0.15, -0.1) is 0 Å². The van der Waals surface area contributed by atoms with Crippen molar-refractivity contribution in [1.82, 2.24) is 24.5 Å². The van der Waals surface area contributed by atoms with Gasteiger partial charge in [-0.2, -0.15) is 24.8 Å². The van der Waals surface area contributed by atoms with Gasteiger partial charge in [0.2, 0.25) is 5.91 Å². The van der Waals surface area contributed by atoms with Crippen molar-refractivity contribution in [2.75, 3.05) is 25.0 Å². The van der Waals surface area contributed by atoms with Gasteiger partial charge in [-0.1, -0.05) is 12.1 Å². The number of nitrogens with zero attached hydrogens (tertiary/aromatic N) is 6. The van der Waals surface area contributed by atoms with Gasteiger partial charge in [-0.05, 0) is 18.6 Å². The Hall–Kier alpha value is -3.47. The number of anilines is 1. The molecule has 1 aliphatic heterocycles. The summed E-state index contributed by atoms with van der Waals surface area (Å²) in [6.45, 7) is 2.11. The third-order valence-corrected chi connectivity index (χ3v) is 4.42. The molecule has 26 heavy (non-hydrogen) atoms. The summed E-state index contributed by atoms with van der Waals surface area (Å²) in [6.07, 6.45) is 3.04. The van der Waals surface area contributed by atoms with E-state index in [-0.39, 0.29) is 5.91 Å². The van der Waals surface area contributed by atoms with Crippen molar-refractivity contribution in [3.05, 3.63) is 42.2 Å². The van der Waals surface area contributed by atoms with Crippen LogP contribution in [-0.4, -0.2) is 50.0 Å². The van der Waals surface area contributed by atoms with E-state index >= 15 is 0 Å². The molecule has 0 radical (unpaired) electrons. The molecule has 4 rings (SSSR count). The van der Waals surface area contributed by atoms with Crippen molar-refractivity contribution in [2.45, 2.75) is 12.8 Å². The maximum Gasteiger partial charge on any atom is 0.254 e. The van der Waals surface area contributed by atoms with E-state index in [4.69, 9.17) is 5.26 Å². The highest BCUT2D eigenvalue weighted by Gasteiger charge is 2.19. The number of nitrogens with one attached hydrogen (secondary N) is 1. The highest BCUT2D eigenvalue weighted by atomic mass is 16.2. The minimum absolute atomic E-state index is 0.214. The van der Waals surface area contributed by atoms with Crippen LogP contribution in [0.25, 0.3) is 17.0 Å². The molecule has 3 heterocycles. The molecule has 8 nitrogen and oxygen atoms in total. The minimum atomic E-state index is 0.214. The van der Waals surface area contributed by atoms with E-state index in [0.29, 0.717) is 36.7 Å². The Morgan fingerprint density at radius 1 is 1.27 bits per heavy atom. The zero-order valence-electron chi connectivity index (χ0n) is 14.1. The highest BCUT2D eigenvalue weighted by molar-refractivity contribution is 5.78. The summed E-state index contributed by atoms with van der Waals surface area (Å²) in [4.78, 5) is 22.2. The molecule has 130 valence electrons. The van der Waals surface area contributed by atoms with Gasteiger partial charge in [0, 0.05) is 37.7 Å². The van der Waals surface area contributed by atoms with Crippen molar-refractivity contribution >= 4 is 17.5 Å². The Kier molecular flexibility index (Phi) is 4.19. The van der Waals surface area contributed by atoms with E-state index in [2.05, 4.69) is 26.5 Å². The first-order valence-corrected chi connectivity index (χ1v) is 8.47. The van der Waals surface area contributed by atoms with E-state index < -0.39 is 0 Å². The average molecular weight is 347 g/mol. The topological polar surface area (TPSA) is 99.2 Å². The summed E-state index contributed by atoms with van der Waals surface area (Å²) < 4.78 is 1.66. The SMILES string of the molecule is N#Cc1ccc(-c2cc(NCCN3CCCC3=O)nc3ncnn23)cc1. The van der Waals surface area contributed by atoms with Gasteiger partial charge in [0.05, 0.1) is 17.3 Å². The fraction of sp³-hybridized carbons (Fsp3) is 0.278. The first-order valence-electron chi connectivity index (χ1n) is 8.47. The van der Waals surface area contributed by atoms with Crippen LogP contribution >= 0.6 is 0 Å². The van der Waals surface area contributed by atoms with Gasteiger partial charge >= 0.3 is 0 Å². The van der Waals surface area contributed by atoms with Crippen LogP contribution in [0.15, 0.2) is 36.7 Å². The Morgan fingerprint density at radius 3 is 2.85 bits per heavy atom. The molecule has 8 heteroatoms. The zero-order chi connectivity index (χ0) is 17.9. The molecule has 3 aromatic rings. The van der Waals surface area contributed by atoms with E-state index in [1.165, 1.54) is 6.33 Å². The van der Waals surface area contributed by atoms with Crippen molar-refractivity contribution in [3.8, 4) is 17.3 Å². The first-order chi connectivity index (χ1) is 12.7. The van der Waals surface area contributed by atoms with Crippen LogP contribution < -0.4 is 5.32 Å². The quantitative estimate of drug-likeness (QED) is 0.754. The standard InChI is InChI=1S/C18H17N7O/c19-11-13-3-5-14(6-4-13)15-10-16(23-18-21-12-22-25(15)18)20-7-9-24-8-1-2-17(24)26/h3-6,10,12H,1-2,7-9H2,(H,20,21,22,23). The molecule has 1 N–H and O–H groups in total. The molecule has 0 spiro atoms. The highest BCUT2D eigenvalue weighted by Crippen LogP contribution is 2.22. The summed E-state index contributed by atoms with van der Waals surface area (Å²) in [7, 11) is 0. The number of likely N-dealkylation sites (tertiary alicyclic amines) is 1. The lowest BCUT2D eigenvalue weighted by Gasteiger charge is -2.16. The van der Waals surface area contributed by atoms with E-state index in [9.17, 15) is 4.79 Å². The molecule has 0 saturated carbocycles. The second-order valence-corrected chi connectivity index (χ2v) is 6.10. The number of hydrogen-bond acceptors (Lipinski definition) is 6. The number of carbonyl (C=O) groups excluding carboxylic acids is 1. The summed E-state index contributed by atoms with van der Waals surface area (Å²) in [5.74, 6) is 1.38. The maximum atomic E-state index is 11.7. The van der Waals surface area contributed by atoms with Crippen LogP contribution in [0.4, 0.5) is 5.82 Å². The fourth-order valence-corrected chi connectivity index (χ4v) is 3.08.